The maximum atomic E-state index is 13.1. The molecule has 1 N–H and O–H groups in total. The van der Waals surface area contributed by atoms with E-state index in [2.05, 4.69) is 21.2 Å². The van der Waals surface area contributed by atoms with Crippen molar-refractivity contribution >= 4 is 33.6 Å². The summed E-state index contributed by atoms with van der Waals surface area (Å²) in [7, 11) is 1.98. The third kappa shape index (κ3) is 4.95. The van der Waals surface area contributed by atoms with E-state index in [1.165, 1.54) is 0 Å². The molecule has 0 aliphatic heterocycles. The summed E-state index contributed by atoms with van der Waals surface area (Å²) in [5.41, 5.74) is 1.78. The Morgan fingerprint density at radius 2 is 1.93 bits per heavy atom. The Bertz CT molecular complexity index is 844. The van der Waals surface area contributed by atoms with E-state index < -0.39 is 0 Å². The van der Waals surface area contributed by atoms with E-state index in [9.17, 15) is 9.59 Å². The highest BCUT2D eigenvalue weighted by atomic mass is 79.9. The van der Waals surface area contributed by atoms with Gasteiger partial charge in [-0.05, 0) is 66.9 Å². The van der Waals surface area contributed by atoms with Crippen molar-refractivity contribution in [3.63, 3.8) is 0 Å². The number of benzene rings is 1. The van der Waals surface area contributed by atoms with Gasteiger partial charge in [0.15, 0.2) is 0 Å². The third-order valence-electron chi connectivity index (χ3n) is 5.00. The van der Waals surface area contributed by atoms with Crippen LogP contribution in [-0.2, 0) is 18.4 Å². The highest BCUT2D eigenvalue weighted by molar-refractivity contribution is 9.10. The third-order valence-corrected chi connectivity index (χ3v) is 5.69. The second kappa shape index (κ2) is 8.82. The Hall–Kier alpha value is -2.28. The summed E-state index contributed by atoms with van der Waals surface area (Å²) in [4.78, 5) is 29.4. The molecule has 3 amide bonds. The quantitative estimate of drug-likeness (QED) is 0.691. The number of carbonyl (C=O) groups is 2. The van der Waals surface area contributed by atoms with Crippen LogP contribution in [0.2, 0.25) is 0 Å². The standard InChI is InChI=1S/C21H27BrN4O2/c1-15(2)25(21(28)23-19-9-5-4-8-18(19)22)14-20(27)26(16-10-11-16)13-17-7-6-12-24(17)3/h4-9,12,15-16H,10-11,13-14H2,1-3H3,(H,23,28). The van der Waals surface area contributed by atoms with Gasteiger partial charge in [-0.15, -0.1) is 0 Å². The molecule has 150 valence electrons. The van der Waals surface area contributed by atoms with Gasteiger partial charge in [0, 0.05) is 35.5 Å². The fourth-order valence-corrected chi connectivity index (χ4v) is 3.50. The van der Waals surface area contributed by atoms with E-state index in [-0.39, 0.29) is 30.6 Å². The molecular formula is C21H27BrN4O2. The van der Waals surface area contributed by atoms with Crippen LogP contribution in [0.4, 0.5) is 10.5 Å². The first kappa shape index (κ1) is 20.5. The van der Waals surface area contributed by atoms with E-state index in [0.29, 0.717) is 12.2 Å². The first-order valence-electron chi connectivity index (χ1n) is 9.58. The minimum absolute atomic E-state index is 0.0142. The van der Waals surface area contributed by atoms with Gasteiger partial charge in [-0.25, -0.2) is 4.79 Å². The lowest BCUT2D eigenvalue weighted by Crippen LogP contribution is -2.48. The van der Waals surface area contributed by atoms with Gasteiger partial charge in [0.1, 0.15) is 6.54 Å². The summed E-state index contributed by atoms with van der Waals surface area (Å²) in [6, 6.07) is 11.4. The van der Waals surface area contributed by atoms with Gasteiger partial charge >= 0.3 is 6.03 Å². The van der Waals surface area contributed by atoms with Crippen LogP contribution in [-0.4, -0.2) is 44.9 Å². The topological polar surface area (TPSA) is 57.6 Å². The molecule has 28 heavy (non-hydrogen) atoms. The molecule has 0 saturated heterocycles. The SMILES string of the molecule is CC(C)N(CC(=O)N(Cc1cccn1C)C1CC1)C(=O)Nc1ccccc1Br. The molecule has 3 rings (SSSR count). The van der Waals surface area contributed by atoms with Gasteiger partial charge in [0.2, 0.25) is 5.91 Å². The van der Waals surface area contributed by atoms with E-state index in [1.54, 1.807) is 4.90 Å². The maximum absolute atomic E-state index is 13.1. The van der Waals surface area contributed by atoms with Crippen molar-refractivity contribution in [1.82, 2.24) is 14.4 Å². The molecule has 0 unspecified atom stereocenters. The van der Waals surface area contributed by atoms with Crippen molar-refractivity contribution in [1.29, 1.82) is 0 Å². The maximum Gasteiger partial charge on any atom is 0.322 e. The number of aryl methyl sites for hydroxylation is 1. The largest absolute Gasteiger partial charge is 0.353 e. The van der Waals surface area contributed by atoms with E-state index >= 15 is 0 Å². The number of amides is 3. The van der Waals surface area contributed by atoms with Crippen molar-refractivity contribution in [3.8, 4) is 0 Å². The van der Waals surface area contributed by atoms with Gasteiger partial charge in [-0.2, -0.15) is 0 Å². The fourth-order valence-electron chi connectivity index (χ4n) is 3.12. The molecular weight excluding hydrogens is 420 g/mol. The molecule has 1 aromatic heterocycles. The summed E-state index contributed by atoms with van der Waals surface area (Å²) in [6.45, 7) is 4.48. The van der Waals surface area contributed by atoms with E-state index in [0.717, 1.165) is 23.0 Å². The normalized spacial score (nSPS) is 13.5. The Morgan fingerprint density at radius 3 is 2.50 bits per heavy atom. The first-order valence-corrected chi connectivity index (χ1v) is 10.4. The van der Waals surface area contributed by atoms with Crippen molar-refractivity contribution in [2.24, 2.45) is 7.05 Å². The van der Waals surface area contributed by atoms with Crippen molar-refractivity contribution in [3.05, 3.63) is 52.8 Å². The Balaban J connectivity index is 1.69. The molecule has 1 aliphatic rings. The van der Waals surface area contributed by atoms with Gasteiger partial charge in [-0.1, -0.05) is 12.1 Å². The summed E-state index contributed by atoms with van der Waals surface area (Å²) in [6.07, 6.45) is 4.04. The monoisotopic (exact) mass is 446 g/mol. The van der Waals surface area contributed by atoms with Gasteiger partial charge in [0.25, 0.3) is 0 Å². The molecule has 0 radical (unpaired) electrons. The molecule has 7 heteroatoms. The number of anilines is 1. The lowest BCUT2D eigenvalue weighted by molar-refractivity contribution is -0.133. The predicted octanol–water partition coefficient (Wildman–Crippen LogP) is 4.22. The average molecular weight is 447 g/mol. The van der Waals surface area contributed by atoms with Crippen molar-refractivity contribution in [2.45, 2.75) is 45.3 Å². The van der Waals surface area contributed by atoms with Crippen LogP contribution in [0.15, 0.2) is 47.1 Å². The van der Waals surface area contributed by atoms with Crippen LogP contribution in [0.1, 0.15) is 32.4 Å². The molecule has 0 atom stereocenters. The molecule has 1 aliphatic carbocycles. The van der Waals surface area contributed by atoms with E-state index in [4.69, 9.17) is 0 Å². The number of urea groups is 1. The number of aromatic nitrogens is 1. The molecule has 1 aromatic carbocycles. The number of halogens is 1. The van der Waals surface area contributed by atoms with Gasteiger partial charge in [-0.3, -0.25) is 4.79 Å². The number of hydrogen-bond acceptors (Lipinski definition) is 2. The fraction of sp³-hybridized carbons (Fsp3) is 0.429. The number of hydrogen-bond donors (Lipinski definition) is 1. The Labute approximate surface area is 174 Å². The molecule has 1 heterocycles. The van der Waals surface area contributed by atoms with Crippen molar-refractivity contribution in [2.75, 3.05) is 11.9 Å². The summed E-state index contributed by atoms with van der Waals surface area (Å²) in [5, 5.41) is 2.90. The molecule has 0 bridgehead atoms. The molecule has 1 fully saturated rings. The molecule has 0 spiro atoms. The number of para-hydroxylation sites is 1. The minimum atomic E-state index is -0.273. The molecule has 1 saturated carbocycles. The number of nitrogens with zero attached hydrogens (tertiary/aromatic N) is 3. The summed E-state index contributed by atoms with van der Waals surface area (Å²) >= 11 is 3.44. The van der Waals surface area contributed by atoms with Crippen LogP contribution in [0.3, 0.4) is 0 Å². The van der Waals surface area contributed by atoms with Crippen molar-refractivity contribution < 1.29 is 9.59 Å². The Kier molecular flexibility index (Phi) is 6.44. The second-order valence-electron chi connectivity index (χ2n) is 7.49. The molecule has 6 nitrogen and oxygen atoms in total. The zero-order valence-corrected chi connectivity index (χ0v) is 18.1. The molecule has 2 aromatic rings. The zero-order valence-electron chi connectivity index (χ0n) is 16.6. The number of nitrogens with one attached hydrogen (secondary N) is 1. The lowest BCUT2D eigenvalue weighted by Gasteiger charge is -2.30. The highest BCUT2D eigenvalue weighted by Gasteiger charge is 2.34. The Morgan fingerprint density at radius 1 is 1.21 bits per heavy atom. The minimum Gasteiger partial charge on any atom is -0.353 e. The average Bonchev–Trinajstić information content (AvgIpc) is 3.41. The summed E-state index contributed by atoms with van der Waals surface area (Å²) in [5.74, 6) is -0.0142. The van der Waals surface area contributed by atoms with Crippen LogP contribution < -0.4 is 5.32 Å². The second-order valence-corrected chi connectivity index (χ2v) is 8.35. The number of rotatable bonds is 7. The predicted molar refractivity (Wildman–Crippen MR) is 114 cm³/mol. The smallest absolute Gasteiger partial charge is 0.322 e. The van der Waals surface area contributed by atoms with Gasteiger partial charge in [0.05, 0.1) is 12.2 Å². The van der Waals surface area contributed by atoms with Crippen LogP contribution in [0, 0.1) is 0 Å². The van der Waals surface area contributed by atoms with Crippen LogP contribution >= 0.6 is 15.9 Å². The van der Waals surface area contributed by atoms with Crippen LogP contribution in [0.25, 0.3) is 0 Å². The lowest BCUT2D eigenvalue weighted by atomic mass is 10.3. The first-order chi connectivity index (χ1) is 13.4. The van der Waals surface area contributed by atoms with Crippen LogP contribution in [0.5, 0.6) is 0 Å². The highest BCUT2D eigenvalue weighted by Crippen LogP contribution is 2.29. The summed E-state index contributed by atoms with van der Waals surface area (Å²) < 4.78 is 2.84. The van der Waals surface area contributed by atoms with E-state index in [1.807, 2.05) is 73.0 Å². The number of carbonyl (C=O) groups excluding carboxylic acids is 2. The zero-order chi connectivity index (χ0) is 20.3. The van der Waals surface area contributed by atoms with Gasteiger partial charge < -0.3 is 19.7 Å².